The molecule has 2 heterocycles. The smallest absolute Gasteiger partial charge is 0.334 e. The lowest BCUT2D eigenvalue weighted by Gasteiger charge is -2.46. The first-order valence-corrected chi connectivity index (χ1v) is 23.1. The molecular formula is C53H70N2O14+2. The first-order chi connectivity index (χ1) is 33.2. The molecule has 16 heteroatoms. The summed E-state index contributed by atoms with van der Waals surface area (Å²) >= 11 is 0. The quantitative estimate of drug-likeness (QED) is 0.0336. The standard InChI is InChI=1S/C53H69N2O14/c1-54(20-16-34-26-41(59-3)43(61-5)31-38(34)40(54)23-33-24-45(63-7)51(67-11)46(25-33)64-8)18-13-15-36(30-49(56)57)53(58)69-22-14-19-55(2)21-17-35-27-42(60-4)44(62-6)32-39(35)50(55)37-28-47(65-9)52(68-12)48(29-37)66-10/h24-32,40,50H,13-23H2,1-12H3/q+1/p+1/b36-30+/t40-,50-,54+,55-/m1/s1. The van der Waals surface area contributed by atoms with Crippen molar-refractivity contribution >= 4 is 11.9 Å². The molecule has 0 aromatic heterocycles. The van der Waals surface area contributed by atoms with Crippen LogP contribution in [0, 0.1) is 0 Å². The third kappa shape index (κ3) is 11.0. The number of nitrogens with zero attached hydrogens (tertiary/aromatic N) is 2. The molecule has 2 aliphatic rings. The van der Waals surface area contributed by atoms with Crippen molar-refractivity contribution in [2.75, 3.05) is 118 Å². The van der Waals surface area contributed by atoms with Gasteiger partial charge in [-0.2, -0.15) is 0 Å². The van der Waals surface area contributed by atoms with E-state index in [0.717, 1.165) is 65.4 Å². The molecule has 4 aromatic rings. The Balaban J connectivity index is 1.21. The van der Waals surface area contributed by atoms with Crippen LogP contribution in [-0.2, 0) is 33.6 Å². The minimum Gasteiger partial charge on any atom is -0.493 e. The van der Waals surface area contributed by atoms with E-state index in [1.165, 1.54) is 0 Å². The second kappa shape index (κ2) is 22.7. The number of carboxylic acid groups (broad SMARTS) is 1. The highest BCUT2D eigenvalue weighted by Gasteiger charge is 2.43. The van der Waals surface area contributed by atoms with Gasteiger partial charge in [0, 0.05) is 60.4 Å². The molecule has 0 bridgehead atoms. The third-order valence-electron chi connectivity index (χ3n) is 14.0. The number of benzene rings is 4. The lowest BCUT2D eigenvalue weighted by molar-refractivity contribution is -0.941. The summed E-state index contributed by atoms with van der Waals surface area (Å²) in [5, 5.41) is 9.95. The zero-order chi connectivity index (χ0) is 50.0. The van der Waals surface area contributed by atoms with Crippen LogP contribution in [0.2, 0.25) is 0 Å². The van der Waals surface area contributed by atoms with Crippen molar-refractivity contribution in [1.29, 1.82) is 0 Å². The van der Waals surface area contributed by atoms with Gasteiger partial charge in [0.25, 0.3) is 0 Å². The summed E-state index contributed by atoms with van der Waals surface area (Å²) < 4.78 is 64.3. The molecule has 374 valence electrons. The second-order valence-electron chi connectivity index (χ2n) is 17.9. The van der Waals surface area contributed by atoms with Gasteiger partial charge >= 0.3 is 11.9 Å². The summed E-state index contributed by atoms with van der Waals surface area (Å²) in [5.41, 5.74) is 6.53. The van der Waals surface area contributed by atoms with Gasteiger partial charge in [-0.15, -0.1) is 0 Å². The molecule has 0 fully saturated rings. The number of carboxylic acids is 1. The van der Waals surface area contributed by atoms with Gasteiger partial charge in [0.2, 0.25) is 11.5 Å². The van der Waals surface area contributed by atoms with Crippen molar-refractivity contribution in [3.05, 3.63) is 93.6 Å². The van der Waals surface area contributed by atoms with Crippen LogP contribution in [0.1, 0.15) is 64.7 Å². The average Bonchev–Trinajstić information content (AvgIpc) is 3.36. The van der Waals surface area contributed by atoms with E-state index >= 15 is 0 Å². The third-order valence-corrected chi connectivity index (χ3v) is 14.0. The van der Waals surface area contributed by atoms with E-state index in [0.29, 0.717) is 98.8 Å². The van der Waals surface area contributed by atoms with Crippen LogP contribution in [0.15, 0.2) is 60.2 Å². The summed E-state index contributed by atoms with van der Waals surface area (Å²) in [7, 11) is 20.5. The number of quaternary nitrogens is 2. The Hall–Kier alpha value is -6.52. The van der Waals surface area contributed by atoms with E-state index in [1.807, 2.05) is 36.4 Å². The van der Waals surface area contributed by atoms with Crippen LogP contribution in [0.3, 0.4) is 0 Å². The Labute approximate surface area is 406 Å². The van der Waals surface area contributed by atoms with E-state index in [1.54, 1.807) is 71.1 Å². The molecular weight excluding hydrogens is 889 g/mol. The van der Waals surface area contributed by atoms with Gasteiger partial charge in [0.1, 0.15) is 12.1 Å². The highest BCUT2D eigenvalue weighted by molar-refractivity contribution is 5.95. The van der Waals surface area contributed by atoms with Crippen LogP contribution < -0.4 is 47.4 Å². The maximum absolute atomic E-state index is 13.8. The predicted molar refractivity (Wildman–Crippen MR) is 259 cm³/mol. The van der Waals surface area contributed by atoms with Gasteiger partial charge < -0.3 is 66.2 Å². The van der Waals surface area contributed by atoms with Crippen molar-refractivity contribution in [1.82, 2.24) is 0 Å². The summed E-state index contributed by atoms with van der Waals surface area (Å²) in [6.45, 7) is 2.92. The van der Waals surface area contributed by atoms with Crippen LogP contribution in [0.25, 0.3) is 0 Å². The number of likely N-dealkylation sites (N-methyl/N-ethyl adjacent to an activating group) is 2. The highest BCUT2D eigenvalue weighted by Crippen LogP contribution is 2.49. The molecule has 4 aromatic carbocycles. The number of hydrogen-bond donors (Lipinski definition) is 1. The maximum Gasteiger partial charge on any atom is 0.334 e. The van der Waals surface area contributed by atoms with Crippen LogP contribution in [-0.4, -0.2) is 144 Å². The van der Waals surface area contributed by atoms with Gasteiger partial charge in [-0.3, -0.25) is 0 Å². The largest absolute Gasteiger partial charge is 0.493 e. The molecule has 0 spiro atoms. The molecule has 4 atom stereocenters. The molecule has 0 radical (unpaired) electrons. The van der Waals surface area contributed by atoms with Gasteiger partial charge in [-0.1, -0.05) is 0 Å². The molecule has 0 saturated heterocycles. The topological polar surface area (TPSA) is 156 Å². The summed E-state index contributed by atoms with van der Waals surface area (Å²) in [6, 6.07) is 15.8. The Morgan fingerprint density at radius 3 is 1.51 bits per heavy atom. The van der Waals surface area contributed by atoms with Crippen molar-refractivity contribution in [3.63, 3.8) is 0 Å². The molecule has 69 heavy (non-hydrogen) atoms. The number of methoxy groups -OCH3 is 10. The second-order valence-corrected chi connectivity index (χ2v) is 17.9. The maximum atomic E-state index is 13.8. The van der Waals surface area contributed by atoms with Crippen LogP contribution in [0.4, 0.5) is 0 Å². The Morgan fingerprint density at radius 1 is 0.565 bits per heavy atom. The van der Waals surface area contributed by atoms with Gasteiger partial charge in [0.15, 0.2) is 46.0 Å². The molecule has 16 nitrogen and oxygen atoms in total. The van der Waals surface area contributed by atoms with E-state index < -0.39 is 11.9 Å². The average molecular weight is 959 g/mol. The first-order valence-electron chi connectivity index (χ1n) is 23.1. The lowest BCUT2D eigenvalue weighted by atomic mass is 9.85. The molecule has 0 aliphatic carbocycles. The van der Waals surface area contributed by atoms with E-state index in [-0.39, 0.29) is 30.7 Å². The number of aliphatic carboxylic acids is 1. The number of rotatable bonds is 23. The SMILES string of the molecule is COc1cc2c(cc1OC)[C@@H](c1cc(OC)c(OC)c(OC)c1)[N@+](C)(CCCOC(=O)/C(=C/C(=O)O)CCC[N@@+]1(C)CCc3cc(OC)c(OC)cc3[C@H]1Cc1cc(OC)c(OC)c(OC)c1)CC2. The number of fused-ring (bicyclic) bond motifs is 2. The first kappa shape index (κ1) is 51.9. The zero-order valence-corrected chi connectivity index (χ0v) is 42.3. The minimum atomic E-state index is -1.21. The van der Waals surface area contributed by atoms with E-state index in [4.69, 9.17) is 52.1 Å². The minimum absolute atomic E-state index is 0.0616. The Kier molecular flexibility index (Phi) is 17.1. The normalized spacial score (nSPS) is 19.6. The van der Waals surface area contributed by atoms with E-state index in [2.05, 4.69) is 26.2 Å². The van der Waals surface area contributed by atoms with Gasteiger partial charge in [-0.25, -0.2) is 9.59 Å². The lowest BCUT2D eigenvalue weighted by Crippen LogP contribution is -2.52. The molecule has 0 amide bonds. The van der Waals surface area contributed by atoms with E-state index in [9.17, 15) is 14.7 Å². The van der Waals surface area contributed by atoms with Gasteiger partial charge in [-0.05, 0) is 71.6 Å². The fourth-order valence-electron chi connectivity index (χ4n) is 10.4. The van der Waals surface area contributed by atoms with Gasteiger partial charge in [0.05, 0.1) is 118 Å². The van der Waals surface area contributed by atoms with Crippen molar-refractivity contribution in [3.8, 4) is 57.5 Å². The summed E-state index contributed by atoms with van der Waals surface area (Å²) in [4.78, 5) is 26.0. The zero-order valence-electron chi connectivity index (χ0n) is 42.3. The molecule has 2 aliphatic heterocycles. The number of carbonyl (C=O) groups is 2. The summed E-state index contributed by atoms with van der Waals surface area (Å²) in [5.74, 6) is 3.91. The fraction of sp³-hybridized carbons (Fsp3) is 0.472. The summed E-state index contributed by atoms with van der Waals surface area (Å²) in [6.07, 6.45) is 4.40. The number of ether oxygens (including phenoxy) is 11. The molecule has 1 N–H and O–H groups in total. The number of carbonyl (C=O) groups excluding carboxylic acids is 1. The highest BCUT2D eigenvalue weighted by atomic mass is 16.5. The number of hydrogen-bond acceptors (Lipinski definition) is 13. The molecule has 0 unspecified atom stereocenters. The number of esters is 1. The van der Waals surface area contributed by atoms with Crippen molar-refractivity contribution < 1.29 is 75.8 Å². The predicted octanol–water partition coefficient (Wildman–Crippen LogP) is 7.58. The van der Waals surface area contributed by atoms with Crippen LogP contribution >= 0.6 is 0 Å². The molecule has 6 rings (SSSR count). The molecule has 0 saturated carbocycles. The Bertz CT molecular complexity index is 2460. The fourth-order valence-corrected chi connectivity index (χ4v) is 10.4. The van der Waals surface area contributed by atoms with Crippen molar-refractivity contribution in [2.24, 2.45) is 0 Å². The van der Waals surface area contributed by atoms with Crippen molar-refractivity contribution in [2.45, 2.75) is 50.6 Å². The van der Waals surface area contributed by atoms with Crippen LogP contribution in [0.5, 0.6) is 57.5 Å². The monoisotopic (exact) mass is 958 g/mol. The Morgan fingerprint density at radius 2 is 1.01 bits per heavy atom.